The van der Waals surface area contributed by atoms with Crippen molar-refractivity contribution in [1.82, 2.24) is 5.01 Å². The van der Waals surface area contributed by atoms with Gasteiger partial charge in [0.1, 0.15) is 17.2 Å². The van der Waals surface area contributed by atoms with E-state index in [9.17, 15) is 0 Å². The summed E-state index contributed by atoms with van der Waals surface area (Å²) < 4.78 is 17.1. The quantitative estimate of drug-likeness (QED) is 0.637. The number of fused-ring (bicyclic) bond motifs is 3. The number of ether oxygens (including phenoxy) is 3. The van der Waals surface area contributed by atoms with Gasteiger partial charge in [-0.3, -0.25) is 0 Å². The number of rotatable bonds is 4. The molecule has 0 unspecified atom stereocenters. The summed E-state index contributed by atoms with van der Waals surface area (Å²) in [7, 11) is 3.36. The fraction of sp³-hybridized carbons (Fsp3) is 0.208. The second kappa shape index (κ2) is 7.17. The minimum Gasteiger partial charge on any atom is -0.497 e. The van der Waals surface area contributed by atoms with E-state index in [2.05, 4.69) is 35.3 Å². The minimum absolute atomic E-state index is 0.0937. The monoisotopic (exact) mass is 386 g/mol. The molecule has 0 bridgehead atoms. The Morgan fingerprint density at radius 3 is 2.34 bits per heavy atom. The molecule has 0 spiro atoms. The largest absolute Gasteiger partial charge is 0.497 e. The first-order valence-electron chi connectivity index (χ1n) is 9.66. The number of hydrazone groups is 1. The molecule has 0 fully saturated rings. The van der Waals surface area contributed by atoms with Crippen molar-refractivity contribution in [2.75, 3.05) is 14.2 Å². The molecule has 0 aromatic heterocycles. The maximum atomic E-state index is 6.40. The van der Waals surface area contributed by atoms with Crippen LogP contribution in [-0.2, 0) is 0 Å². The summed E-state index contributed by atoms with van der Waals surface area (Å²) in [5, 5.41) is 7.07. The van der Waals surface area contributed by atoms with Crippen LogP contribution in [0.3, 0.4) is 0 Å². The lowest BCUT2D eigenvalue weighted by Crippen LogP contribution is -2.33. The first kappa shape index (κ1) is 17.6. The van der Waals surface area contributed by atoms with Crippen LogP contribution in [0.4, 0.5) is 0 Å². The molecule has 5 heteroatoms. The van der Waals surface area contributed by atoms with Crippen molar-refractivity contribution in [2.24, 2.45) is 5.10 Å². The van der Waals surface area contributed by atoms with Gasteiger partial charge in [-0.05, 0) is 48.0 Å². The topological polar surface area (TPSA) is 43.3 Å². The molecule has 2 aliphatic heterocycles. The summed E-state index contributed by atoms with van der Waals surface area (Å²) in [5.74, 6) is 2.54. The van der Waals surface area contributed by atoms with E-state index in [-0.39, 0.29) is 12.3 Å². The maximum Gasteiger partial charge on any atom is 0.213 e. The van der Waals surface area contributed by atoms with Gasteiger partial charge in [-0.25, -0.2) is 5.01 Å². The molecule has 0 N–H and O–H groups in total. The van der Waals surface area contributed by atoms with Crippen LogP contribution in [-0.4, -0.2) is 24.9 Å². The average molecular weight is 386 g/mol. The summed E-state index contributed by atoms with van der Waals surface area (Å²) >= 11 is 0. The minimum atomic E-state index is -0.266. The Hall–Kier alpha value is -3.47. The van der Waals surface area contributed by atoms with E-state index in [0.29, 0.717) is 0 Å². The van der Waals surface area contributed by atoms with Gasteiger partial charge in [0.05, 0.1) is 26.0 Å². The van der Waals surface area contributed by atoms with Crippen LogP contribution >= 0.6 is 0 Å². The first-order chi connectivity index (χ1) is 14.3. The van der Waals surface area contributed by atoms with Crippen molar-refractivity contribution < 1.29 is 14.2 Å². The molecule has 5 rings (SSSR count). The fourth-order valence-electron chi connectivity index (χ4n) is 3.99. The zero-order valence-corrected chi connectivity index (χ0v) is 16.4. The highest BCUT2D eigenvalue weighted by Crippen LogP contribution is 2.48. The maximum absolute atomic E-state index is 6.40. The average Bonchev–Trinajstić information content (AvgIpc) is 3.24. The van der Waals surface area contributed by atoms with E-state index in [4.69, 9.17) is 19.3 Å². The zero-order valence-electron chi connectivity index (χ0n) is 16.4. The van der Waals surface area contributed by atoms with Crippen LogP contribution in [0.15, 0.2) is 77.9 Å². The van der Waals surface area contributed by atoms with Gasteiger partial charge in [0.15, 0.2) is 0 Å². The van der Waals surface area contributed by atoms with E-state index >= 15 is 0 Å². The molecule has 3 aromatic carbocycles. The molecule has 0 radical (unpaired) electrons. The fourth-order valence-corrected chi connectivity index (χ4v) is 3.99. The molecule has 2 atom stereocenters. The van der Waals surface area contributed by atoms with Gasteiger partial charge in [-0.15, -0.1) is 0 Å². The van der Waals surface area contributed by atoms with Crippen LogP contribution in [0, 0.1) is 0 Å². The molecule has 5 nitrogen and oxygen atoms in total. The Bertz CT molecular complexity index is 1050. The highest BCUT2D eigenvalue weighted by Gasteiger charge is 2.41. The zero-order chi connectivity index (χ0) is 19.8. The number of nitrogens with zero attached hydrogens (tertiary/aromatic N) is 2. The van der Waals surface area contributed by atoms with Crippen molar-refractivity contribution in [2.45, 2.75) is 18.7 Å². The number of hydrogen-bond donors (Lipinski definition) is 0. The number of methoxy groups -OCH3 is 2. The van der Waals surface area contributed by atoms with Crippen LogP contribution < -0.4 is 14.2 Å². The highest BCUT2D eigenvalue weighted by molar-refractivity contribution is 6.02. The molecule has 2 heterocycles. The van der Waals surface area contributed by atoms with Crippen LogP contribution in [0.5, 0.6) is 17.2 Å². The van der Waals surface area contributed by atoms with E-state index in [1.54, 1.807) is 14.2 Å². The third-order valence-electron chi connectivity index (χ3n) is 5.50. The van der Waals surface area contributed by atoms with Crippen LogP contribution in [0.2, 0.25) is 0 Å². The number of benzene rings is 3. The lowest BCUT2D eigenvalue weighted by molar-refractivity contribution is -0.0191. The van der Waals surface area contributed by atoms with Gasteiger partial charge in [0.2, 0.25) is 6.23 Å². The van der Waals surface area contributed by atoms with Crippen molar-refractivity contribution >= 4 is 5.71 Å². The number of hydrogen-bond acceptors (Lipinski definition) is 5. The van der Waals surface area contributed by atoms with E-state index in [1.165, 1.54) is 0 Å². The Morgan fingerprint density at radius 1 is 0.897 bits per heavy atom. The van der Waals surface area contributed by atoms with Gasteiger partial charge in [0.25, 0.3) is 0 Å². The smallest absolute Gasteiger partial charge is 0.213 e. The second-order valence-electron chi connectivity index (χ2n) is 7.16. The molecule has 2 aliphatic rings. The predicted octanol–water partition coefficient (Wildman–Crippen LogP) is 4.95. The summed E-state index contributed by atoms with van der Waals surface area (Å²) in [6, 6.07) is 24.4. The SMILES string of the molecule is COc1ccc(C2=NN3[C@@H](C2)c2cc(OC)ccc2O[C@H]3c2ccccc2)cc1. The normalized spacial score (nSPS) is 19.7. The summed E-state index contributed by atoms with van der Waals surface area (Å²) in [6.45, 7) is 0. The van der Waals surface area contributed by atoms with Crippen molar-refractivity contribution in [3.05, 3.63) is 89.5 Å². The first-order valence-corrected chi connectivity index (χ1v) is 9.66. The van der Waals surface area contributed by atoms with E-state index < -0.39 is 0 Å². The van der Waals surface area contributed by atoms with Gasteiger partial charge in [0, 0.05) is 17.5 Å². The molecule has 3 aromatic rings. The summed E-state index contributed by atoms with van der Waals surface area (Å²) in [4.78, 5) is 0. The van der Waals surface area contributed by atoms with Crippen molar-refractivity contribution in [3.8, 4) is 17.2 Å². The highest BCUT2D eigenvalue weighted by atomic mass is 16.5. The Kier molecular flexibility index (Phi) is 4.35. The standard InChI is InChI=1S/C24H22N2O3/c1-27-18-10-8-16(9-11-18)21-15-22-20-14-19(28-2)12-13-23(20)29-24(26(22)25-21)17-6-4-3-5-7-17/h3-14,22,24H,15H2,1-2H3/t22-,24-/m0/s1. The van der Waals surface area contributed by atoms with Gasteiger partial charge in [-0.1, -0.05) is 30.3 Å². The van der Waals surface area contributed by atoms with E-state index in [1.807, 2.05) is 42.5 Å². The summed E-state index contributed by atoms with van der Waals surface area (Å²) in [6.07, 6.45) is 0.539. The molecule has 29 heavy (non-hydrogen) atoms. The lowest BCUT2D eigenvalue weighted by Gasteiger charge is -2.38. The van der Waals surface area contributed by atoms with Gasteiger partial charge in [-0.2, -0.15) is 5.10 Å². The predicted molar refractivity (Wildman–Crippen MR) is 112 cm³/mol. The summed E-state index contributed by atoms with van der Waals surface area (Å²) in [5.41, 5.74) is 4.32. The third-order valence-corrected chi connectivity index (χ3v) is 5.50. The van der Waals surface area contributed by atoms with Crippen LogP contribution in [0.25, 0.3) is 0 Å². The third kappa shape index (κ3) is 3.09. The van der Waals surface area contributed by atoms with Gasteiger partial charge < -0.3 is 14.2 Å². The molecule has 146 valence electrons. The van der Waals surface area contributed by atoms with Crippen LogP contribution in [0.1, 0.15) is 35.4 Å². The Labute approximate surface area is 170 Å². The molecule has 0 amide bonds. The second-order valence-corrected chi connectivity index (χ2v) is 7.16. The molecule has 0 saturated carbocycles. The molecular formula is C24H22N2O3. The molecule has 0 aliphatic carbocycles. The molecule has 0 saturated heterocycles. The van der Waals surface area contributed by atoms with Crippen molar-refractivity contribution in [3.63, 3.8) is 0 Å². The Balaban J connectivity index is 1.57. The van der Waals surface area contributed by atoms with Crippen molar-refractivity contribution in [1.29, 1.82) is 0 Å². The lowest BCUT2D eigenvalue weighted by atomic mass is 9.95. The molecular weight excluding hydrogens is 364 g/mol. The van der Waals surface area contributed by atoms with E-state index in [0.717, 1.165) is 46.1 Å². The Morgan fingerprint density at radius 2 is 1.62 bits per heavy atom. The van der Waals surface area contributed by atoms with Gasteiger partial charge >= 0.3 is 0 Å².